The van der Waals surface area contributed by atoms with Gasteiger partial charge >= 0.3 is 5.97 Å². The van der Waals surface area contributed by atoms with E-state index in [-0.39, 0.29) is 32.2 Å². The number of likely N-dealkylation sites (N-methyl/N-ethyl adjacent to an activating group) is 1. The van der Waals surface area contributed by atoms with Crippen LogP contribution in [-0.2, 0) is 27.9 Å². The smallest absolute Gasteiger partial charge is 0.306 e. The molecular formula is C60H102NO7P. The number of carbonyl (C=O) groups excluding carboxylic acids is 1. The first-order valence-corrected chi connectivity index (χ1v) is 28.7. The maximum absolute atomic E-state index is 12.8. The molecule has 0 N–H and O–H groups in total. The number of ether oxygens (including phenoxy) is 2. The van der Waals surface area contributed by atoms with Crippen molar-refractivity contribution in [3.63, 3.8) is 0 Å². The monoisotopic (exact) mass is 980 g/mol. The van der Waals surface area contributed by atoms with Crippen LogP contribution in [-0.4, -0.2) is 70.7 Å². The van der Waals surface area contributed by atoms with Crippen molar-refractivity contribution in [2.24, 2.45) is 0 Å². The molecule has 394 valence electrons. The molecule has 0 aliphatic heterocycles. The van der Waals surface area contributed by atoms with Gasteiger partial charge in [-0.1, -0.05) is 200 Å². The van der Waals surface area contributed by atoms with Gasteiger partial charge in [-0.15, -0.1) is 0 Å². The van der Waals surface area contributed by atoms with Gasteiger partial charge in [-0.25, -0.2) is 0 Å². The molecule has 0 rings (SSSR count). The number of carbonyl (C=O) groups is 1. The molecule has 2 unspecified atom stereocenters. The van der Waals surface area contributed by atoms with Crippen LogP contribution < -0.4 is 4.89 Å². The zero-order valence-corrected chi connectivity index (χ0v) is 45.6. The number of quaternary nitrogens is 1. The summed E-state index contributed by atoms with van der Waals surface area (Å²) in [6.07, 6.45) is 73.8. The lowest BCUT2D eigenvalue weighted by Crippen LogP contribution is -2.37. The quantitative estimate of drug-likeness (QED) is 0.0197. The fraction of sp³-hybridized carbons (Fsp3) is 0.650. The number of phosphoric acid groups is 1. The summed E-state index contributed by atoms with van der Waals surface area (Å²) in [7, 11) is 1.30. The van der Waals surface area contributed by atoms with Crippen LogP contribution in [0.1, 0.15) is 194 Å². The van der Waals surface area contributed by atoms with E-state index in [4.69, 9.17) is 18.5 Å². The van der Waals surface area contributed by atoms with Crippen LogP contribution in [0, 0.1) is 0 Å². The van der Waals surface area contributed by atoms with Gasteiger partial charge in [-0.3, -0.25) is 9.36 Å². The summed E-state index contributed by atoms with van der Waals surface area (Å²) in [4.78, 5) is 25.2. The summed E-state index contributed by atoms with van der Waals surface area (Å²) < 4.78 is 34.7. The van der Waals surface area contributed by atoms with Gasteiger partial charge in [0.25, 0.3) is 7.82 Å². The molecule has 8 nitrogen and oxygen atoms in total. The first-order valence-electron chi connectivity index (χ1n) is 27.3. The number of hydrogen-bond donors (Lipinski definition) is 0. The lowest BCUT2D eigenvalue weighted by Gasteiger charge is -2.28. The molecule has 0 bridgehead atoms. The standard InChI is InChI=1S/C60H102NO7P/c1-6-8-10-12-14-16-18-20-22-24-26-28-30-32-34-36-38-40-42-44-46-48-50-52-55-65-57-59(58-67-69(63,64)66-56-54-61(3,4)5)68-60(62)53-51-49-47-45-43-41-39-37-35-33-31-29-27-25-23-21-19-17-15-13-11-9-7-2/h8,10,14,16,19-22,25-28,31-34,38,40,44,46,59H,6-7,9,11-13,15,17-18,23-24,29-30,35-37,39,41-43,45,47-58H2,1-5H3/b10-8-,16-14-,21-19-,22-20-,27-25-,28-26-,33-31-,34-32-,40-38-,46-44-. The summed E-state index contributed by atoms with van der Waals surface area (Å²) in [5.74, 6) is -0.361. The Hall–Kier alpha value is -3.10. The zero-order chi connectivity index (χ0) is 50.5. The molecule has 0 heterocycles. The van der Waals surface area contributed by atoms with Crippen LogP contribution in [0.3, 0.4) is 0 Å². The molecule has 9 heteroatoms. The fourth-order valence-corrected chi connectivity index (χ4v) is 7.56. The van der Waals surface area contributed by atoms with Crippen molar-refractivity contribution in [3.05, 3.63) is 122 Å². The maximum atomic E-state index is 12.8. The second-order valence-electron chi connectivity index (χ2n) is 18.9. The van der Waals surface area contributed by atoms with E-state index in [2.05, 4.69) is 135 Å². The highest BCUT2D eigenvalue weighted by Gasteiger charge is 2.20. The third kappa shape index (κ3) is 55.7. The highest BCUT2D eigenvalue weighted by molar-refractivity contribution is 7.45. The predicted octanol–water partition coefficient (Wildman–Crippen LogP) is 16.6. The van der Waals surface area contributed by atoms with Crippen LogP contribution in [0.2, 0.25) is 0 Å². The number of hydrogen-bond acceptors (Lipinski definition) is 7. The molecule has 0 aliphatic rings. The van der Waals surface area contributed by atoms with Crippen molar-refractivity contribution in [3.8, 4) is 0 Å². The SMILES string of the molecule is CC/C=C\C/C=C\C/C=C\C/C=C\C/C=C\C/C=C\C/C=C\CCCCOCC(COP(=O)([O-])OCC[N+](C)(C)C)OC(=O)CCCCCCCCCC/C=C\C/C=C\C/C=C\CCCCCCC. The van der Waals surface area contributed by atoms with E-state index in [0.717, 1.165) is 103 Å². The van der Waals surface area contributed by atoms with E-state index < -0.39 is 13.9 Å². The number of nitrogens with zero attached hydrogens (tertiary/aromatic N) is 1. The van der Waals surface area contributed by atoms with Crippen molar-refractivity contribution >= 4 is 13.8 Å². The van der Waals surface area contributed by atoms with Crippen molar-refractivity contribution in [1.29, 1.82) is 0 Å². The molecule has 0 aromatic carbocycles. The lowest BCUT2D eigenvalue weighted by atomic mass is 10.1. The normalized spacial score (nSPS) is 14.5. The minimum atomic E-state index is -4.56. The molecule has 2 atom stereocenters. The zero-order valence-electron chi connectivity index (χ0n) is 44.7. The van der Waals surface area contributed by atoms with E-state index in [9.17, 15) is 14.3 Å². The predicted molar refractivity (Wildman–Crippen MR) is 295 cm³/mol. The second-order valence-corrected chi connectivity index (χ2v) is 20.3. The van der Waals surface area contributed by atoms with E-state index in [1.807, 2.05) is 21.1 Å². The number of unbranched alkanes of at least 4 members (excludes halogenated alkanes) is 15. The maximum Gasteiger partial charge on any atom is 0.306 e. The van der Waals surface area contributed by atoms with Gasteiger partial charge < -0.3 is 27.9 Å². The molecule has 0 aromatic rings. The average Bonchev–Trinajstić information content (AvgIpc) is 3.31. The summed E-state index contributed by atoms with van der Waals surface area (Å²) in [6, 6.07) is 0. The minimum absolute atomic E-state index is 0.00834. The van der Waals surface area contributed by atoms with Crippen molar-refractivity contribution in [2.45, 2.75) is 200 Å². The van der Waals surface area contributed by atoms with Gasteiger partial charge in [-0.05, 0) is 109 Å². The second kappa shape index (κ2) is 51.3. The lowest BCUT2D eigenvalue weighted by molar-refractivity contribution is -0.870. The first kappa shape index (κ1) is 65.9. The van der Waals surface area contributed by atoms with Gasteiger partial charge in [-0.2, -0.15) is 0 Å². The Kier molecular flexibility index (Phi) is 49.0. The number of esters is 1. The van der Waals surface area contributed by atoms with Crippen molar-refractivity contribution in [1.82, 2.24) is 0 Å². The summed E-state index contributed by atoms with van der Waals surface area (Å²) >= 11 is 0. The Balaban J connectivity index is 4.27. The molecule has 0 saturated carbocycles. The van der Waals surface area contributed by atoms with Crippen LogP contribution >= 0.6 is 7.82 Å². The van der Waals surface area contributed by atoms with Crippen molar-refractivity contribution in [2.75, 3.05) is 54.1 Å². The Bertz CT molecular complexity index is 1510. The van der Waals surface area contributed by atoms with E-state index >= 15 is 0 Å². The summed E-state index contributed by atoms with van der Waals surface area (Å²) in [5, 5.41) is 0. The fourth-order valence-electron chi connectivity index (χ4n) is 6.83. The van der Waals surface area contributed by atoms with Gasteiger partial charge in [0.05, 0.1) is 34.4 Å². The molecule has 0 fully saturated rings. The van der Waals surface area contributed by atoms with E-state index in [1.165, 1.54) is 70.6 Å². The first-order chi connectivity index (χ1) is 33.6. The van der Waals surface area contributed by atoms with E-state index in [0.29, 0.717) is 17.6 Å². The van der Waals surface area contributed by atoms with Crippen LogP contribution in [0.15, 0.2) is 122 Å². The molecular weight excluding hydrogens is 878 g/mol. The molecule has 0 aromatic heterocycles. The highest BCUT2D eigenvalue weighted by atomic mass is 31.2. The Morgan fingerprint density at radius 2 is 0.841 bits per heavy atom. The van der Waals surface area contributed by atoms with Crippen LogP contribution in [0.4, 0.5) is 0 Å². The Morgan fingerprint density at radius 3 is 1.26 bits per heavy atom. The van der Waals surface area contributed by atoms with Crippen LogP contribution in [0.25, 0.3) is 0 Å². The highest BCUT2D eigenvalue weighted by Crippen LogP contribution is 2.38. The third-order valence-corrected chi connectivity index (χ3v) is 12.0. The Labute approximate surface area is 424 Å². The number of phosphoric ester groups is 1. The molecule has 0 amide bonds. The Morgan fingerprint density at radius 1 is 0.464 bits per heavy atom. The molecule has 0 aliphatic carbocycles. The van der Waals surface area contributed by atoms with Gasteiger partial charge in [0.2, 0.25) is 0 Å². The van der Waals surface area contributed by atoms with Gasteiger partial charge in [0.1, 0.15) is 19.3 Å². The third-order valence-electron chi connectivity index (χ3n) is 11.0. The molecule has 69 heavy (non-hydrogen) atoms. The average molecular weight is 980 g/mol. The largest absolute Gasteiger partial charge is 0.756 e. The molecule has 0 radical (unpaired) electrons. The number of allylic oxidation sites excluding steroid dienone is 20. The van der Waals surface area contributed by atoms with E-state index in [1.54, 1.807) is 0 Å². The van der Waals surface area contributed by atoms with Gasteiger partial charge in [0.15, 0.2) is 0 Å². The van der Waals surface area contributed by atoms with Gasteiger partial charge in [0, 0.05) is 13.0 Å². The van der Waals surface area contributed by atoms with Crippen LogP contribution in [0.5, 0.6) is 0 Å². The topological polar surface area (TPSA) is 94.1 Å². The molecule has 0 spiro atoms. The van der Waals surface area contributed by atoms with Crippen molar-refractivity contribution < 1.29 is 37.3 Å². The minimum Gasteiger partial charge on any atom is -0.756 e. The summed E-state index contributed by atoms with van der Waals surface area (Å²) in [6.45, 7) is 5.14. The number of rotatable bonds is 49. The summed E-state index contributed by atoms with van der Waals surface area (Å²) in [5.41, 5.74) is 0. The molecule has 0 saturated heterocycles.